The monoisotopic (exact) mass is 782 g/mol. The maximum absolute atomic E-state index is 14.5. The maximum Gasteiger partial charge on any atom is 0.433 e. The number of nitrogens with zero attached hydrogens (tertiary/aromatic N) is 6. The van der Waals surface area contributed by atoms with Crippen molar-refractivity contribution in [1.82, 2.24) is 29.6 Å². The average Bonchev–Trinajstić information content (AvgIpc) is 3.56. The van der Waals surface area contributed by atoms with E-state index in [1.807, 2.05) is 19.9 Å². The van der Waals surface area contributed by atoms with E-state index in [-0.39, 0.29) is 47.9 Å². The predicted molar refractivity (Wildman–Crippen MR) is 211 cm³/mol. The molecular weight excluding hydrogens is 734 g/mol. The van der Waals surface area contributed by atoms with Crippen LogP contribution in [0.1, 0.15) is 111 Å². The first-order valence-corrected chi connectivity index (χ1v) is 19.4. The summed E-state index contributed by atoms with van der Waals surface area (Å²) in [6, 6.07) is 4.57. The first kappa shape index (κ1) is 41.3. The Balaban J connectivity index is 1.29. The van der Waals surface area contributed by atoms with Crippen LogP contribution in [0.4, 0.5) is 13.2 Å². The van der Waals surface area contributed by atoms with Gasteiger partial charge in [0.15, 0.2) is 11.6 Å². The van der Waals surface area contributed by atoms with Gasteiger partial charge in [0.05, 0.1) is 23.7 Å². The summed E-state index contributed by atoms with van der Waals surface area (Å²) in [7, 11) is 0. The number of likely N-dealkylation sites (tertiary alicyclic amines) is 1. The van der Waals surface area contributed by atoms with Crippen molar-refractivity contribution in [3.63, 3.8) is 0 Å². The molecule has 6 rings (SSSR count). The van der Waals surface area contributed by atoms with Crippen molar-refractivity contribution in [1.29, 1.82) is 0 Å². The fourth-order valence-corrected chi connectivity index (χ4v) is 8.25. The Morgan fingerprint density at radius 1 is 1.04 bits per heavy atom. The molecule has 10 nitrogen and oxygen atoms in total. The first-order chi connectivity index (χ1) is 26.9. The zero-order chi connectivity index (χ0) is 41.4. The van der Waals surface area contributed by atoms with Gasteiger partial charge in [-0.05, 0) is 100 Å². The van der Waals surface area contributed by atoms with Crippen molar-refractivity contribution in [3.05, 3.63) is 88.9 Å². The first-order valence-electron chi connectivity index (χ1n) is 19.4. The van der Waals surface area contributed by atoms with Crippen LogP contribution in [0.15, 0.2) is 54.9 Å². The Morgan fingerprint density at radius 2 is 1.75 bits per heavy atom. The Labute approximate surface area is 330 Å². The molecule has 0 N–H and O–H groups in total. The SMILES string of the molecule is C=Cc1cc(-c2cnc(C)nc2)cc2c(C(C)=O)nn(CC(=O)N3[C@H](C(=O)Cc4nc(C(F)(F)F)ccc4C)CC4(CCC(=O)C[C@@H](C)CCC=C(C)C)C[C@@H]34)c12. The quantitative estimate of drug-likeness (QED) is 0.0817. The minimum atomic E-state index is -4.69. The molecule has 4 heterocycles. The molecule has 4 atom stereocenters. The number of hydrogen-bond acceptors (Lipinski definition) is 8. The van der Waals surface area contributed by atoms with E-state index in [0.717, 1.165) is 30.0 Å². The van der Waals surface area contributed by atoms with Crippen molar-refractivity contribution in [2.24, 2.45) is 11.3 Å². The van der Waals surface area contributed by atoms with Gasteiger partial charge in [-0.1, -0.05) is 37.3 Å². The van der Waals surface area contributed by atoms with Gasteiger partial charge in [-0.25, -0.2) is 15.0 Å². The topological polar surface area (TPSA) is 128 Å². The highest BCUT2D eigenvalue weighted by molar-refractivity contribution is 6.08. The van der Waals surface area contributed by atoms with Crippen LogP contribution in [-0.2, 0) is 33.5 Å². The zero-order valence-electron chi connectivity index (χ0n) is 33.4. The van der Waals surface area contributed by atoms with Crippen molar-refractivity contribution in [2.75, 3.05) is 0 Å². The largest absolute Gasteiger partial charge is 0.433 e. The van der Waals surface area contributed by atoms with Crippen LogP contribution >= 0.6 is 0 Å². The molecule has 13 heteroatoms. The van der Waals surface area contributed by atoms with Crippen LogP contribution in [0.3, 0.4) is 0 Å². The van der Waals surface area contributed by atoms with Crippen LogP contribution in [0.2, 0.25) is 0 Å². The van der Waals surface area contributed by atoms with Gasteiger partial charge in [-0.2, -0.15) is 18.3 Å². The molecule has 1 aliphatic carbocycles. The molecule has 2 aliphatic rings. The van der Waals surface area contributed by atoms with Crippen LogP contribution in [0.5, 0.6) is 0 Å². The van der Waals surface area contributed by atoms with E-state index in [4.69, 9.17) is 0 Å². The maximum atomic E-state index is 14.5. The van der Waals surface area contributed by atoms with E-state index < -0.39 is 35.0 Å². The number of benzene rings is 1. The molecule has 4 aromatic rings. The lowest BCUT2D eigenvalue weighted by Gasteiger charge is -2.27. The lowest BCUT2D eigenvalue weighted by atomic mass is 9.88. The second-order valence-electron chi connectivity index (χ2n) is 16.2. The molecular formula is C44H49F3N6O4. The number of hydrogen-bond donors (Lipinski definition) is 0. The van der Waals surface area contributed by atoms with Crippen molar-refractivity contribution < 1.29 is 32.3 Å². The number of alkyl halides is 3. The normalized spacial score (nSPS) is 19.3. The number of pyridine rings is 1. The second-order valence-corrected chi connectivity index (χ2v) is 16.2. The van der Waals surface area contributed by atoms with Gasteiger partial charge in [-0.3, -0.25) is 23.9 Å². The number of halogens is 3. The number of piperidine rings is 1. The molecule has 1 saturated carbocycles. The van der Waals surface area contributed by atoms with Crippen molar-refractivity contribution in [3.8, 4) is 11.1 Å². The van der Waals surface area contributed by atoms with Gasteiger partial charge in [0.1, 0.15) is 29.5 Å². The van der Waals surface area contributed by atoms with E-state index in [1.165, 1.54) is 23.2 Å². The smallest absolute Gasteiger partial charge is 0.327 e. The molecule has 1 aliphatic heterocycles. The molecule has 1 aromatic carbocycles. The molecule has 3 aromatic heterocycles. The van der Waals surface area contributed by atoms with Gasteiger partial charge in [0.25, 0.3) is 0 Å². The number of allylic oxidation sites excluding steroid dienone is 2. The Hall–Kier alpha value is -5.33. The molecule has 1 saturated heterocycles. The number of aryl methyl sites for hydroxylation is 2. The van der Waals surface area contributed by atoms with Crippen molar-refractivity contribution in [2.45, 2.75) is 118 Å². The Morgan fingerprint density at radius 3 is 2.40 bits per heavy atom. The summed E-state index contributed by atoms with van der Waals surface area (Å²) >= 11 is 0. The molecule has 1 amide bonds. The summed E-state index contributed by atoms with van der Waals surface area (Å²) < 4.78 is 42.3. The third-order valence-corrected chi connectivity index (χ3v) is 11.4. The zero-order valence-corrected chi connectivity index (χ0v) is 33.4. The number of aromatic nitrogens is 5. The van der Waals surface area contributed by atoms with Crippen LogP contribution in [0.25, 0.3) is 28.1 Å². The van der Waals surface area contributed by atoms with E-state index in [1.54, 1.807) is 43.3 Å². The van der Waals surface area contributed by atoms with Crippen LogP contribution in [0, 0.1) is 25.2 Å². The average molecular weight is 783 g/mol. The second kappa shape index (κ2) is 16.3. The van der Waals surface area contributed by atoms with Gasteiger partial charge in [0, 0.05) is 54.7 Å². The van der Waals surface area contributed by atoms with Gasteiger partial charge in [-0.15, -0.1) is 0 Å². The minimum absolute atomic E-state index is 0.00343. The number of ketones is 3. The lowest BCUT2D eigenvalue weighted by molar-refractivity contribution is -0.141. The van der Waals surface area contributed by atoms with E-state index in [9.17, 15) is 32.3 Å². The third kappa shape index (κ3) is 8.97. The van der Waals surface area contributed by atoms with E-state index in [0.29, 0.717) is 60.0 Å². The molecule has 300 valence electrons. The highest BCUT2D eigenvalue weighted by atomic mass is 19.4. The summed E-state index contributed by atoms with van der Waals surface area (Å²) in [5.74, 6) is -0.207. The fourth-order valence-electron chi connectivity index (χ4n) is 8.25. The Kier molecular flexibility index (Phi) is 11.8. The number of Topliss-reactive ketones (excluding diaryl/α,β-unsaturated/α-hetero) is 3. The number of fused-ring (bicyclic) bond motifs is 2. The van der Waals surface area contributed by atoms with Crippen molar-refractivity contribution >= 4 is 40.2 Å². The summed E-state index contributed by atoms with van der Waals surface area (Å²) in [5.41, 5.74) is 2.84. The summed E-state index contributed by atoms with van der Waals surface area (Å²) in [6.45, 7) is 14.6. The van der Waals surface area contributed by atoms with Gasteiger partial charge in [0.2, 0.25) is 5.91 Å². The Bertz CT molecular complexity index is 2270. The van der Waals surface area contributed by atoms with Crippen LogP contribution < -0.4 is 0 Å². The molecule has 57 heavy (non-hydrogen) atoms. The van der Waals surface area contributed by atoms with Gasteiger partial charge < -0.3 is 4.90 Å². The molecule has 0 spiro atoms. The molecule has 2 fully saturated rings. The third-order valence-electron chi connectivity index (χ3n) is 11.4. The molecule has 0 bridgehead atoms. The fraction of sp³-hybridized carbons (Fsp3) is 0.455. The predicted octanol–water partition coefficient (Wildman–Crippen LogP) is 8.66. The van der Waals surface area contributed by atoms with E-state index in [2.05, 4.69) is 39.6 Å². The molecule has 0 radical (unpaired) electrons. The van der Waals surface area contributed by atoms with E-state index >= 15 is 0 Å². The highest BCUT2D eigenvalue weighted by Gasteiger charge is 2.66. The molecule has 1 unspecified atom stereocenters. The highest BCUT2D eigenvalue weighted by Crippen LogP contribution is 2.62. The lowest BCUT2D eigenvalue weighted by Crippen LogP contribution is -2.45. The van der Waals surface area contributed by atoms with Gasteiger partial charge >= 0.3 is 6.18 Å². The minimum Gasteiger partial charge on any atom is -0.327 e. The van der Waals surface area contributed by atoms with Crippen LogP contribution in [-0.4, -0.2) is 65.0 Å². The summed E-state index contributed by atoms with van der Waals surface area (Å²) in [5, 5.41) is 5.12. The standard InChI is InChI=1S/C44H49F3N6O4/c1-8-30-17-31(32-22-48-29(7)49-23-32)18-34-41(28(6)54)51-52(42(30)34)24-40(57)53-36(37(56)19-35-27(5)12-13-38(50-35)44(45,46)47)20-43(21-39(43)53)15-14-33(55)16-26(4)11-9-10-25(2)3/h8,10,12-13,17-18,22-23,26,36,39H,1,9,11,14-16,19-21,24H2,2-7H3/t26-,36-,39+,43?/m0/s1. The summed E-state index contributed by atoms with van der Waals surface area (Å²) in [6.07, 6.45) is 6.01. The number of carbonyl (C=O) groups excluding carboxylic acids is 4. The summed E-state index contributed by atoms with van der Waals surface area (Å²) in [4.78, 5) is 68.8. The number of carbonyl (C=O) groups is 4. The number of rotatable bonds is 16. The number of amides is 1.